The second kappa shape index (κ2) is 74.2. The van der Waals surface area contributed by atoms with Gasteiger partial charge in [0.2, 0.25) is 0 Å². The number of phosphoric acid groups is 2. The Balaban J connectivity index is 5.46. The van der Waals surface area contributed by atoms with Crippen molar-refractivity contribution in [3.8, 4) is 0 Å². The van der Waals surface area contributed by atoms with Crippen LogP contribution in [0.3, 0.4) is 0 Å². The molecule has 3 N–H and O–H groups in total. The van der Waals surface area contributed by atoms with E-state index < -0.39 is 97.5 Å². The van der Waals surface area contributed by atoms with Gasteiger partial charge >= 0.3 is 39.5 Å². The molecule has 0 aliphatic rings. The summed E-state index contributed by atoms with van der Waals surface area (Å²) in [5, 5.41) is 10.6. The van der Waals surface area contributed by atoms with Crippen molar-refractivity contribution in [1.82, 2.24) is 0 Å². The van der Waals surface area contributed by atoms with E-state index >= 15 is 0 Å². The predicted octanol–water partition coefficient (Wildman–Crippen LogP) is 22.7. The first-order valence-corrected chi connectivity index (χ1v) is 42.1. The summed E-state index contributed by atoms with van der Waals surface area (Å²) in [4.78, 5) is 72.9. The molecular formula is C83H138O17P2. The van der Waals surface area contributed by atoms with Crippen molar-refractivity contribution in [1.29, 1.82) is 0 Å². The van der Waals surface area contributed by atoms with Crippen LogP contribution in [0.5, 0.6) is 0 Å². The maximum absolute atomic E-state index is 13.1. The zero-order valence-electron chi connectivity index (χ0n) is 63.5. The molecule has 0 aromatic heterocycles. The zero-order valence-corrected chi connectivity index (χ0v) is 65.3. The lowest BCUT2D eigenvalue weighted by molar-refractivity contribution is -0.161. The highest BCUT2D eigenvalue weighted by Crippen LogP contribution is 2.45. The SMILES string of the molecule is CC/C=C\C/C=C\C/C=C\C/C=C\C/C=C\CCCCCC(=O)OCC(COP(=O)(O)OCC(O)COP(=O)(O)OCC(COC(=O)C/C=C\C/C=C\C/C=C\C/C=C\C/C=C\CC)OC(=O)CCCCCCCCCCCCCCC)OC(=O)CCCCCCC/C=C\C/C=C\CCCCC. The number of ether oxygens (including phenoxy) is 4. The molecule has 0 aliphatic heterocycles. The van der Waals surface area contributed by atoms with Crippen molar-refractivity contribution in [2.24, 2.45) is 0 Å². The Labute approximate surface area is 617 Å². The number of phosphoric ester groups is 2. The first kappa shape index (κ1) is 96.9. The van der Waals surface area contributed by atoms with E-state index in [0.717, 1.165) is 148 Å². The van der Waals surface area contributed by atoms with Gasteiger partial charge in [0.25, 0.3) is 0 Å². The highest BCUT2D eigenvalue weighted by molar-refractivity contribution is 7.47. The summed E-state index contributed by atoms with van der Waals surface area (Å²) >= 11 is 0. The lowest BCUT2D eigenvalue weighted by Crippen LogP contribution is -2.30. The third kappa shape index (κ3) is 73.3. The standard InChI is InChI=1S/C83H138O17P2/c1-5-9-13-17-21-25-29-33-36-37-38-39-42-45-48-52-56-60-64-68-81(86)94-74-79(100-83(88)70-66-62-58-54-50-46-41-35-31-27-23-19-15-11-7-3)76-98-102(91,92)96-72-77(84)71-95-101(89,90)97-75-78(99-82(87)69-65-61-57-53-49-43-32-28-24-20-16-12-8-4)73-93-80(85)67-63-59-55-51-47-44-40-34-30-26-22-18-14-10-6-2/h9-10,13-14,21-23,25-27,33-36,38-41,45,47-48,51,59,63,77-79,84H,5-8,11-12,15-20,24,28-32,37,42-44,46,49-50,52-58,60-62,64-76H2,1-4H3,(H,89,90)(H,91,92)/b13-9-,14-10-,25-21-,26-22-,27-23-,36-33-,39-38-,40-34-,41-35-,48-45-,51-47-,63-59-. The fourth-order valence-corrected chi connectivity index (χ4v) is 11.5. The van der Waals surface area contributed by atoms with Gasteiger partial charge in [0.15, 0.2) is 12.2 Å². The lowest BCUT2D eigenvalue weighted by atomic mass is 10.0. The van der Waals surface area contributed by atoms with Crippen LogP contribution in [0.1, 0.15) is 297 Å². The number of esters is 4. The topological polar surface area (TPSA) is 237 Å². The van der Waals surface area contributed by atoms with Gasteiger partial charge < -0.3 is 33.8 Å². The van der Waals surface area contributed by atoms with Crippen LogP contribution in [-0.2, 0) is 65.4 Å². The molecule has 17 nitrogen and oxygen atoms in total. The van der Waals surface area contributed by atoms with Gasteiger partial charge in [-0.3, -0.25) is 37.3 Å². The van der Waals surface area contributed by atoms with Crippen molar-refractivity contribution >= 4 is 39.5 Å². The molecule has 0 aromatic carbocycles. The minimum Gasteiger partial charge on any atom is -0.462 e. The van der Waals surface area contributed by atoms with E-state index in [-0.39, 0.29) is 25.7 Å². The van der Waals surface area contributed by atoms with E-state index in [1.54, 1.807) is 6.08 Å². The van der Waals surface area contributed by atoms with E-state index in [9.17, 15) is 43.2 Å². The first-order chi connectivity index (χ1) is 49.7. The summed E-state index contributed by atoms with van der Waals surface area (Å²) in [6.45, 7) is 4.45. The van der Waals surface area contributed by atoms with Crippen LogP contribution < -0.4 is 0 Å². The van der Waals surface area contributed by atoms with Crippen LogP contribution in [-0.4, -0.2) is 96.7 Å². The number of hydrogen-bond acceptors (Lipinski definition) is 15. The highest BCUT2D eigenvalue weighted by atomic mass is 31.2. The van der Waals surface area contributed by atoms with Gasteiger partial charge in [-0.2, -0.15) is 0 Å². The summed E-state index contributed by atoms with van der Waals surface area (Å²) in [5.74, 6) is -2.38. The molecule has 5 unspecified atom stereocenters. The average Bonchev–Trinajstić information content (AvgIpc) is 0.924. The Hall–Kier alpha value is -5.06. The van der Waals surface area contributed by atoms with Crippen LogP contribution in [0.15, 0.2) is 146 Å². The molecule has 0 rings (SSSR count). The molecule has 19 heteroatoms. The third-order valence-electron chi connectivity index (χ3n) is 15.8. The van der Waals surface area contributed by atoms with E-state index in [4.69, 9.17) is 37.0 Å². The fourth-order valence-electron chi connectivity index (χ4n) is 9.94. The van der Waals surface area contributed by atoms with Gasteiger partial charge in [0, 0.05) is 19.3 Å². The Bertz CT molecular complexity index is 2510. The van der Waals surface area contributed by atoms with Crippen LogP contribution in [0.2, 0.25) is 0 Å². The largest absolute Gasteiger partial charge is 0.472 e. The molecule has 0 spiro atoms. The maximum atomic E-state index is 13.1. The van der Waals surface area contributed by atoms with E-state index in [1.807, 2.05) is 18.2 Å². The predicted molar refractivity (Wildman–Crippen MR) is 417 cm³/mol. The van der Waals surface area contributed by atoms with Crippen molar-refractivity contribution < 1.29 is 80.2 Å². The number of aliphatic hydroxyl groups is 1. The Morgan fingerprint density at radius 1 is 0.294 bits per heavy atom. The Morgan fingerprint density at radius 3 is 0.902 bits per heavy atom. The van der Waals surface area contributed by atoms with Crippen molar-refractivity contribution in [3.05, 3.63) is 146 Å². The number of aliphatic hydroxyl groups excluding tert-OH is 1. The summed E-state index contributed by atoms with van der Waals surface area (Å²) in [6, 6.07) is 0. The van der Waals surface area contributed by atoms with E-state index in [0.29, 0.717) is 25.7 Å². The number of carbonyl (C=O) groups excluding carboxylic acids is 4. The molecule has 102 heavy (non-hydrogen) atoms. The summed E-state index contributed by atoms with van der Waals surface area (Å²) in [6.07, 6.45) is 84.3. The molecule has 5 atom stereocenters. The molecule has 0 bridgehead atoms. The molecule has 0 aliphatic carbocycles. The first-order valence-electron chi connectivity index (χ1n) is 39.1. The molecular weight excluding hydrogens is 1330 g/mol. The number of rotatable bonds is 72. The fraction of sp³-hybridized carbons (Fsp3) is 0.663. The van der Waals surface area contributed by atoms with Crippen molar-refractivity contribution in [2.45, 2.75) is 316 Å². The van der Waals surface area contributed by atoms with Crippen molar-refractivity contribution in [3.63, 3.8) is 0 Å². The zero-order chi connectivity index (χ0) is 74.6. The normalized spacial score (nSPS) is 14.7. The molecule has 0 radical (unpaired) electrons. The molecule has 582 valence electrons. The van der Waals surface area contributed by atoms with E-state index in [1.165, 1.54) is 70.6 Å². The smallest absolute Gasteiger partial charge is 0.462 e. The van der Waals surface area contributed by atoms with Crippen LogP contribution in [0.25, 0.3) is 0 Å². The highest BCUT2D eigenvalue weighted by Gasteiger charge is 2.30. The van der Waals surface area contributed by atoms with Crippen LogP contribution in [0, 0.1) is 0 Å². The molecule has 0 heterocycles. The minimum absolute atomic E-state index is 0.0654. The third-order valence-corrected chi connectivity index (χ3v) is 17.7. The molecule has 0 fully saturated rings. The number of hydrogen-bond donors (Lipinski definition) is 3. The number of allylic oxidation sites excluding steroid dienone is 23. The second-order valence-corrected chi connectivity index (χ2v) is 28.5. The summed E-state index contributed by atoms with van der Waals surface area (Å²) in [5.41, 5.74) is 0. The summed E-state index contributed by atoms with van der Waals surface area (Å²) < 4.78 is 68.4. The van der Waals surface area contributed by atoms with Crippen LogP contribution in [0.4, 0.5) is 0 Å². The molecule has 0 saturated heterocycles. The number of unbranched alkanes of at least 4 members (excludes halogenated alkanes) is 23. The van der Waals surface area contributed by atoms with Gasteiger partial charge in [0.05, 0.1) is 32.8 Å². The average molecular weight is 1470 g/mol. The van der Waals surface area contributed by atoms with Crippen LogP contribution >= 0.6 is 15.6 Å². The minimum atomic E-state index is -5.00. The summed E-state index contributed by atoms with van der Waals surface area (Å²) in [7, 11) is -10.00. The van der Waals surface area contributed by atoms with Gasteiger partial charge in [-0.15, -0.1) is 0 Å². The van der Waals surface area contributed by atoms with Crippen molar-refractivity contribution in [2.75, 3.05) is 39.6 Å². The van der Waals surface area contributed by atoms with E-state index in [2.05, 4.69) is 149 Å². The lowest BCUT2D eigenvalue weighted by Gasteiger charge is -2.21. The quantitative estimate of drug-likeness (QED) is 0.0169. The molecule has 0 aromatic rings. The van der Waals surface area contributed by atoms with Gasteiger partial charge in [0.1, 0.15) is 19.3 Å². The van der Waals surface area contributed by atoms with Gasteiger partial charge in [-0.05, 0) is 128 Å². The molecule has 0 amide bonds. The maximum Gasteiger partial charge on any atom is 0.472 e. The second-order valence-electron chi connectivity index (χ2n) is 25.6. The Morgan fingerprint density at radius 2 is 0.549 bits per heavy atom. The molecule has 0 saturated carbocycles. The number of carbonyl (C=O) groups is 4. The van der Waals surface area contributed by atoms with Gasteiger partial charge in [-0.1, -0.05) is 289 Å². The monoisotopic (exact) mass is 1470 g/mol. The Kier molecular flexibility index (Phi) is 70.5. The van der Waals surface area contributed by atoms with Gasteiger partial charge in [-0.25, -0.2) is 9.13 Å².